The van der Waals surface area contributed by atoms with E-state index < -0.39 is 0 Å². The van der Waals surface area contributed by atoms with Crippen LogP contribution in [0, 0.1) is 6.92 Å². The Morgan fingerprint density at radius 2 is 1.71 bits per heavy atom. The lowest BCUT2D eigenvalue weighted by molar-refractivity contribution is 0.392. The van der Waals surface area contributed by atoms with E-state index in [1.165, 1.54) is 23.2 Å². The van der Waals surface area contributed by atoms with Gasteiger partial charge in [0.05, 0.1) is 5.54 Å². The highest BCUT2D eigenvalue weighted by atomic mass is 15.2. The molecule has 1 aliphatic rings. The summed E-state index contributed by atoms with van der Waals surface area (Å²) < 4.78 is 0. The van der Waals surface area contributed by atoms with Crippen LogP contribution in [-0.2, 0) is 5.54 Å². The predicted octanol–water partition coefficient (Wildman–Crippen LogP) is 3.71. The number of hydrogen-bond acceptors (Lipinski definition) is 2. The summed E-state index contributed by atoms with van der Waals surface area (Å²) >= 11 is 0. The summed E-state index contributed by atoms with van der Waals surface area (Å²) in [7, 11) is 0. The quantitative estimate of drug-likeness (QED) is 0.902. The first kappa shape index (κ1) is 14.2. The topological polar surface area (TPSA) is 15.3 Å². The Morgan fingerprint density at radius 3 is 2.48 bits per heavy atom. The Hall–Kier alpha value is -1.80. The van der Waals surface area contributed by atoms with Crippen molar-refractivity contribution < 1.29 is 0 Å². The standard InChI is InChI=1S/C19H24N2/c1-16-9-6-7-12-18(16)21-14-8-13-20-19(2,15-21)17-10-4-3-5-11-17/h3-7,9-12,20H,8,13-15H2,1-2H3. The van der Waals surface area contributed by atoms with Crippen molar-refractivity contribution in [1.29, 1.82) is 0 Å². The summed E-state index contributed by atoms with van der Waals surface area (Å²) in [6.45, 7) is 7.70. The molecule has 2 aromatic carbocycles. The average molecular weight is 280 g/mol. The Kier molecular flexibility index (Phi) is 3.98. The highest BCUT2D eigenvalue weighted by Gasteiger charge is 2.31. The monoisotopic (exact) mass is 280 g/mol. The van der Waals surface area contributed by atoms with Crippen LogP contribution in [0.1, 0.15) is 24.5 Å². The number of aryl methyl sites for hydroxylation is 1. The molecule has 1 fully saturated rings. The van der Waals surface area contributed by atoms with E-state index in [0.29, 0.717) is 0 Å². The van der Waals surface area contributed by atoms with E-state index in [-0.39, 0.29) is 5.54 Å². The van der Waals surface area contributed by atoms with Crippen LogP contribution < -0.4 is 10.2 Å². The number of para-hydroxylation sites is 1. The fourth-order valence-corrected chi connectivity index (χ4v) is 3.27. The summed E-state index contributed by atoms with van der Waals surface area (Å²) in [5.74, 6) is 0. The second-order valence-corrected chi connectivity index (χ2v) is 6.19. The van der Waals surface area contributed by atoms with Gasteiger partial charge in [0.1, 0.15) is 0 Å². The molecule has 1 aliphatic heterocycles. The van der Waals surface area contributed by atoms with Crippen LogP contribution in [0.5, 0.6) is 0 Å². The molecular weight excluding hydrogens is 256 g/mol. The number of nitrogens with zero attached hydrogens (tertiary/aromatic N) is 1. The van der Waals surface area contributed by atoms with Crippen molar-refractivity contribution in [2.75, 3.05) is 24.5 Å². The first-order valence-electron chi connectivity index (χ1n) is 7.80. The summed E-state index contributed by atoms with van der Waals surface area (Å²) in [4.78, 5) is 2.53. The highest BCUT2D eigenvalue weighted by molar-refractivity contribution is 5.53. The Bertz CT molecular complexity index is 594. The van der Waals surface area contributed by atoms with Crippen LogP contribution in [0.25, 0.3) is 0 Å². The molecule has 0 amide bonds. The molecule has 1 atom stereocenters. The van der Waals surface area contributed by atoms with E-state index >= 15 is 0 Å². The molecular formula is C19H24N2. The highest BCUT2D eigenvalue weighted by Crippen LogP contribution is 2.28. The van der Waals surface area contributed by atoms with E-state index in [0.717, 1.165) is 19.6 Å². The largest absolute Gasteiger partial charge is 0.369 e. The van der Waals surface area contributed by atoms with Gasteiger partial charge in [-0.2, -0.15) is 0 Å². The lowest BCUT2D eigenvalue weighted by Gasteiger charge is -2.35. The average Bonchev–Trinajstić information content (AvgIpc) is 2.72. The molecule has 0 saturated carbocycles. The summed E-state index contributed by atoms with van der Waals surface area (Å²) in [6.07, 6.45) is 1.18. The molecule has 1 unspecified atom stereocenters. The molecule has 21 heavy (non-hydrogen) atoms. The maximum atomic E-state index is 3.75. The third-order valence-electron chi connectivity index (χ3n) is 4.49. The van der Waals surface area contributed by atoms with Crippen LogP contribution in [0.3, 0.4) is 0 Å². The second kappa shape index (κ2) is 5.90. The minimum Gasteiger partial charge on any atom is -0.369 e. The van der Waals surface area contributed by atoms with Crippen molar-refractivity contribution in [2.24, 2.45) is 0 Å². The first-order valence-corrected chi connectivity index (χ1v) is 7.80. The van der Waals surface area contributed by atoms with Crippen molar-refractivity contribution in [2.45, 2.75) is 25.8 Å². The third-order valence-corrected chi connectivity index (χ3v) is 4.49. The lowest BCUT2D eigenvalue weighted by atomic mass is 9.91. The van der Waals surface area contributed by atoms with Crippen LogP contribution in [-0.4, -0.2) is 19.6 Å². The maximum Gasteiger partial charge on any atom is 0.0583 e. The summed E-state index contributed by atoms with van der Waals surface area (Å²) in [5, 5.41) is 3.75. The van der Waals surface area contributed by atoms with E-state index in [4.69, 9.17) is 0 Å². The molecule has 1 saturated heterocycles. The van der Waals surface area contributed by atoms with Crippen molar-refractivity contribution in [3.8, 4) is 0 Å². The summed E-state index contributed by atoms with van der Waals surface area (Å²) in [5.41, 5.74) is 4.09. The van der Waals surface area contributed by atoms with Crippen LogP contribution >= 0.6 is 0 Å². The van der Waals surface area contributed by atoms with Gasteiger partial charge in [0, 0.05) is 18.8 Å². The SMILES string of the molecule is Cc1ccccc1N1CCCNC(C)(c2ccccc2)C1. The predicted molar refractivity (Wildman–Crippen MR) is 89.8 cm³/mol. The van der Waals surface area contributed by atoms with Gasteiger partial charge >= 0.3 is 0 Å². The number of nitrogens with one attached hydrogen (secondary N) is 1. The molecule has 0 radical (unpaired) electrons. The molecule has 2 heteroatoms. The van der Waals surface area contributed by atoms with Crippen LogP contribution in [0.4, 0.5) is 5.69 Å². The van der Waals surface area contributed by atoms with Crippen molar-refractivity contribution in [3.63, 3.8) is 0 Å². The molecule has 2 nitrogen and oxygen atoms in total. The number of rotatable bonds is 2. The van der Waals surface area contributed by atoms with E-state index in [1.54, 1.807) is 0 Å². The Balaban J connectivity index is 1.93. The van der Waals surface area contributed by atoms with Gasteiger partial charge in [-0.1, -0.05) is 48.5 Å². The van der Waals surface area contributed by atoms with Crippen LogP contribution in [0.15, 0.2) is 54.6 Å². The number of anilines is 1. The second-order valence-electron chi connectivity index (χ2n) is 6.19. The molecule has 1 N–H and O–H groups in total. The van der Waals surface area contributed by atoms with Gasteiger partial charge in [-0.25, -0.2) is 0 Å². The van der Waals surface area contributed by atoms with E-state index in [1.807, 2.05) is 0 Å². The molecule has 0 spiro atoms. The zero-order valence-electron chi connectivity index (χ0n) is 13.0. The molecule has 1 heterocycles. The van der Waals surface area contributed by atoms with Gasteiger partial charge in [-0.3, -0.25) is 0 Å². The molecule has 2 aromatic rings. The smallest absolute Gasteiger partial charge is 0.0583 e. The van der Waals surface area contributed by atoms with Crippen LogP contribution in [0.2, 0.25) is 0 Å². The molecule has 0 bridgehead atoms. The molecule has 0 aliphatic carbocycles. The lowest BCUT2D eigenvalue weighted by Crippen LogP contribution is -2.46. The fourth-order valence-electron chi connectivity index (χ4n) is 3.27. The summed E-state index contributed by atoms with van der Waals surface area (Å²) in [6, 6.07) is 19.5. The Morgan fingerprint density at radius 1 is 1.00 bits per heavy atom. The van der Waals surface area contributed by atoms with Crippen molar-refractivity contribution >= 4 is 5.69 Å². The normalized spacial score (nSPS) is 22.9. The molecule has 3 rings (SSSR count). The fraction of sp³-hybridized carbons (Fsp3) is 0.368. The van der Waals surface area contributed by atoms with E-state index in [9.17, 15) is 0 Å². The molecule has 0 aromatic heterocycles. The van der Waals surface area contributed by atoms with Crippen molar-refractivity contribution in [1.82, 2.24) is 5.32 Å². The van der Waals surface area contributed by atoms with Gasteiger partial charge in [0.15, 0.2) is 0 Å². The van der Waals surface area contributed by atoms with E-state index in [2.05, 4.69) is 78.7 Å². The minimum absolute atomic E-state index is 0.0000411. The minimum atomic E-state index is 0.0000411. The zero-order valence-corrected chi connectivity index (χ0v) is 13.0. The van der Waals surface area contributed by atoms with Gasteiger partial charge < -0.3 is 10.2 Å². The third kappa shape index (κ3) is 2.96. The zero-order chi connectivity index (χ0) is 14.7. The number of hydrogen-bond donors (Lipinski definition) is 1. The molecule has 110 valence electrons. The van der Waals surface area contributed by atoms with Gasteiger partial charge in [-0.05, 0) is 44.0 Å². The number of benzene rings is 2. The van der Waals surface area contributed by atoms with Gasteiger partial charge in [-0.15, -0.1) is 0 Å². The van der Waals surface area contributed by atoms with Gasteiger partial charge in [0.25, 0.3) is 0 Å². The van der Waals surface area contributed by atoms with Gasteiger partial charge in [0.2, 0.25) is 0 Å². The Labute approximate surface area is 127 Å². The van der Waals surface area contributed by atoms with Crippen molar-refractivity contribution in [3.05, 3.63) is 65.7 Å². The maximum absolute atomic E-state index is 3.75. The first-order chi connectivity index (χ1) is 10.2.